The molecule has 1 aliphatic carbocycles. The van der Waals surface area contributed by atoms with Crippen LogP contribution in [0.2, 0.25) is 0 Å². The summed E-state index contributed by atoms with van der Waals surface area (Å²) in [6, 6.07) is 10.4. The number of carbonyl (C=O) groups is 2. The first-order valence-electron chi connectivity index (χ1n) is 12.1. The molecule has 0 spiro atoms. The zero-order valence-corrected chi connectivity index (χ0v) is 20.6. The number of hydrogen-bond acceptors (Lipinski definition) is 3. The summed E-state index contributed by atoms with van der Waals surface area (Å²) in [6.45, 7) is 6.35. The van der Waals surface area contributed by atoms with E-state index in [0.29, 0.717) is 11.7 Å². The summed E-state index contributed by atoms with van der Waals surface area (Å²) in [5.74, 6) is -0.823. The van der Waals surface area contributed by atoms with Gasteiger partial charge in [0.05, 0.1) is 5.69 Å². The van der Waals surface area contributed by atoms with Crippen molar-refractivity contribution in [2.24, 2.45) is 0 Å². The molecule has 1 aromatic carbocycles. The van der Waals surface area contributed by atoms with E-state index in [1.807, 2.05) is 24.3 Å². The SMILES string of the molecule is CCCCc1ccc(N2C(=O)/C(=C/c3cc(C)n(C4CCCCC4)c3C)C(=O)NC2=S)cc1. The molecule has 6 heteroatoms. The first kappa shape index (κ1) is 23.4. The van der Waals surface area contributed by atoms with Crippen LogP contribution < -0.4 is 10.2 Å². The Morgan fingerprint density at radius 2 is 1.79 bits per heavy atom. The van der Waals surface area contributed by atoms with Gasteiger partial charge in [-0.15, -0.1) is 0 Å². The van der Waals surface area contributed by atoms with Gasteiger partial charge in [0, 0.05) is 17.4 Å². The lowest BCUT2D eigenvalue weighted by Gasteiger charge is -2.29. The van der Waals surface area contributed by atoms with Crippen molar-refractivity contribution in [2.75, 3.05) is 4.90 Å². The van der Waals surface area contributed by atoms with Crippen molar-refractivity contribution in [2.45, 2.75) is 78.2 Å². The summed E-state index contributed by atoms with van der Waals surface area (Å²) in [5, 5.41) is 2.83. The van der Waals surface area contributed by atoms with Crippen LogP contribution in [0.5, 0.6) is 0 Å². The van der Waals surface area contributed by atoms with Gasteiger partial charge < -0.3 is 4.57 Å². The number of amides is 2. The predicted octanol–water partition coefficient (Wildman–Crippen LogP) is 5.78. The molecule has 174 valence electrons. The van der Waals surface area contributed by atoms with Crippen LogP contribution in [-0.2, 0) is 16.0 Å². The molecule has 4 rings (SSSR count). The second kappa shape index (κ2) is 10.0. The normalized spacial score (nSPS) is 18.8. The highest BCUT2D eigenvalue weighted by molar-refractivity contribution is 7.80. The summed E-state index contributed by atoms with van der Waals surface area (Å²) in [4.78, 5) is 27.6. The molecular formula is C27H33N3O2S. The minimum absolute atomic E-state index is 0.113. The Morgan fingerprint density at radius 3 is 2.45 bits per heavy atom. The second-order valence-electron chi connectivity index (χ2n) is 9.22. The van der Waals surface area contributed by atoms with Gasteiger partial charge in [0.25, 0.3) is 11.8 Å². The largest absolute Gasteiger partial charge is 0.346 e. The van der Waals surface area contributed by atoms with Crippen molar-refractivity contribution >= 4 is 40.9 Å². The molecule has 2 amide bonds. The van der Waals surface area contributed by atoms with E-state index in [1.165, 1.54) is 48.3 Å². The topological polar surface area (TPSA) is 54.3 Å². The van der Waals surface area contributed by atoms with Crippen molar-refractivity contribution in [3.05, 3.63) is 58.4 Å². The van der Waals surface area contributed by atoms with E-state index in [1.54, 1.807) is 6.08 Å². The lowest BCUT2D eigenvalue weighted by molar-refractivity contribution is -0.122. The molecule has 1 aliphatic heterocycles. The molecule has 2 aliphatic rings. The highest BCUT2D eigenvalue weighted by Gasteiger charge is 2.35. The number of aromatic nitrogens is 1. The van der Waals surface area contributed by atoms with Crippen molar-refractivity contribution in [1.82, 2.24) is 9.88 Å². The molecule has 2 aromatic rings. The number of benzene rings is 1. The van der Waals surface area contributed by atoms with Crippen molar-refractivity contribution in [3.8, 4) is 0 Å². The maximum Gasteiger partial charge on any atom is 0.270 e. The Hall–Kier alpha value is -2.73. The first-order valence-corrected chi connectivity index (χ1v) is 12.5. The number of anilines is 1. The number of unbranched alkanes of at least 4 members (excludes halogenated alkanes) is 1. The Balaban J connectivity index is 1.63. The molecule has 1 saturated carbocycles. The van der Waals surface area contributed by atoms with Gasteiger partial charge in [-0.25, -0.2) is 0 Å². The minimum atomic E-state index is -0.441. The van der Waals surface area contributed by atoms with E-state index < -0.39 is 5.91 Å². The monoisotopic (exact) mass is 463 g/mol. The third kappa shape index (κ3) is 4.81. The maximum absolute atomic E-state index is 13.4. The maximum atomic E-state index is 13.4. The van der Waals surface area contributed by atoms with Crippen molar-refractivity contribution in [1.29, 1.82) is 0 Å². The molecule has 0 bridgehead atoms. The van der Waals surface area contributed by atoms with Crippen LogP contribution in [-0.4, -0.2) is 21.5 Å². The lowest BCUT2D eigenvalue weighted by atomic mass is 9.95. The second-order valence-corrected chi connectivity index (χ2v) is 9.60. The Kier molecular flexibility index (Phi) is 7.13. The van der Waals surface area contributed by atoms with Crippen LogP contribution >= 0.6 is 12.2 Å². The van der Waals surface area contributed by atoms with Crippen molar-refractivity contribution < 1.29 is 9.59 Å². The molecule has 1 aromatic heterocycles. The number of nitrogens with one attached hydrogen (secondary N) is 1. The molecule has 0 unspecified atom stereocenters. The number of thiocarbonyl (C=S) groups is 1. The first-order chi connectivity index (χ1) is 15.9. The van der Waals surface area contributed by atoms with E-state index in [-0.39, 0.29) is 16.6 Å². The fourth-order valence-electron chi connectivity index (χ4n) is 5.09. The molecular weight excluding hydrogens is 430 g/mol. The highest BCUT2D eigenvalue weighted by atomic mass is 32.1. The Morgan fingerprint density at radius 1 is 1.09 bits per heavy atom. The molecule has 1 saturated heterocycles. The predicted molar refractivity (Wildman–Crippen MR) is 137 cm³/mol. The smallest absolute Gasteiger partial charge is 0.270 e. The fraction of sp³-hybridized carbons (Fsp3) is 0.444. The van der Waals surface area contributed by atoms with E-state index in [2.05, 4.69) is 36.7 Å². The summed E-state index contributed by atoms with van der Waals surface area (Å²) < 4.78 is 2.38. The van der Waals surface area contributed by atoms with Gasteiger partial charge in [0.1, 0.15) is 5.57 Å². The van der Waals surface area contributed by atoms with Crippen LogP contribution in [0.4, 0.5) is 5.69 Å². The van der Waals surface area contributed by atoms with Gasteiger partial charge in [-0.2, -0.15) is 0 Å². The van der Waals surface area contributed by atoms with Gasteiger partial charge in [0.15, 0.2) is 5.11 Å². The zero-order valence-electron chi connectivity index (χ0n) is 19.8. The highest BCUT2D eigenvalue weighted by Crippen LogP contribution is 2.33. The fourth-order valence-corrected chi connectivity index (χ4v) is 5.37. The summed E-state index contributed by atoms with van der Waals surface area (Å²) in [6.07, 6.45) is 11.2. The average Bonchev–Trinajstić information content (AvgIpc) is 3.09. The Labute approximate surface area is 201 Å². The number of nitrogens with zero attached hydrogens (tertiary/aromatic N) is 2. The molecule has 1 N–H and O–H groups in total. The van der Waals surface area contributed by atoms with Crippen LogP contribution in [0, 0.1) is 13.8 Å². The van der Waals surface area contributed by atoms with Gasteiger partial charge in [-0.3, -0.25) is 19.8 Å². The number of aryl methyl sites for hydroxylation is 2. The van der Waals surface area contributed by atoms with Crippen molar-refractivity contribution in [3.63, 3.8) is 0 Å². The van der Waals surface area contributed by atoms with E-state index in [4.69, 9.17) is 12.2 Å². The number of carbonyl (C=O) groups excluding carboxylic acids is 2. The summed E-state index contributed by atoms with van der Waals surface area (Å²) in [7, 11) is 0. The Bertz CT molecular complexity index is 1090. The number of rotatable bonds is 6. The summed E-state index contributed by atoms with van der Waals surface area (Å²) in [5.41, 5.74) is 5.20. The third-order valence-electron chi connectivity index (χ3n) is 6.88. The van der Waals surface area contributed by atoms with E-state index in [9.17, 15) is 9.59 Å². The lowest BCUT2D eigenvalue weighted by Crippen LogP contribution is -2.54. The van der Waals surface area contributed by atoms with Crippen LogP contribution in [0.1, 0.15) is 80.4 Å². The van der Waals surface area contributed by atoms with Gasteiger partial charge in [0.2, 0.25) is 0 Å². The van der Waals surface area contributed by atoms with Crippen LogP contribution in [0.25, 0.3) is 6.08 Å². The molecule has 33 heavy (non-hydrogen) atoms. The summed E-state index contributed by atoms with van der Waals surface area (Å²) >= 11 is 5.36. The molecule has 2 fully saturated rings. The van der Waals surface area contributed by atoms with Gasteiger partial charge in [-0.05, 0) is 87.2 Å². The van der Waals surface area contributed by atoms with E-state index >= 15 is 0 Å². The van der Waals surface area contributed by atoms with E-state index in [0.717, 1.165) is 30.5 Å². The average molecular weight is 464 g/mol. The molecule has 0 atom stereocenters. The molecule has 5 nitrogen and oxygen atoms in total. The van der Waals surface area contributed by atoms with Gasteiger partial charge in [-0.1, -0.05) is 44.7 Å². The minimum Gasteiger partial charge on any atom is -0.346 e. The standard InChI is InChI=1S/C27H33N3O2S/c1-4-5-9-20-12-14-23(15-13-20)30-26(32)24(25(31)28-27(30)33)17-21-16-18(2)29(19(21)3)22-10-7-6-8-11-22/h12-17,22H,4-11H2,1-3H3,(H,28,31,33)/b24-17+. The van der Waals surface area contributed by atoms with Crippen LogP contribution in [0.3, 0.4) is 0 Å². The molecule has 2 heterocycles. The van der Waals surface area contributed by atoms with Gasteiger partial charge >= 0.3 is 0 Å². The quantitative estimate of drug-likeness (QED) is 0.335. The molecule has 0 radical (unpaired) electrons. The third-order valence-corrected chi connectivity index (χ3v) is 7.16. The number of hydrogen-bond donors (Lipinski definition) is 1. The van der Waals surface area contributed by atoms with Crippen LogP contribution in [0.15, 0.2) is 35.9 Å². The zero-order chi connectivity index (χ0) is 23.5.